The first-order valence-electron chi connectivity index (χ1n) is 4.73. The van der Waals surface area contributed by atoms with E-state index >= 15 is 0 Å². The Kier molecular flexibility index (Phi) is 4.51. The number of nitrogens with one attached hydrogen (secondary N) is 1. The van der Waals surface area contributed by atoms with Crippen molar-refractivity contribution in [2.24, 2.45) is 0 Å². The highest BCUT2D eigenvalue weighted by Gasteiger charge is 2.18. The Hall–Kier alpha value is -1.14. The molecule has 0 atom stereocenters. The van der Waals surface area contributed by atoms with Crippen molar-refractivity contribution >= 4 is 17.4 Å². The van der Waals surface area contributed by atoms with E-state index in [9.17, 15) is 10.1 Å². The van der Waals surface area contributed by atoms with Gasteiger partial charge in [0.05, 0.1) is 17.8 Å². The zero-order chi connectivity index (χ0) is 11.3. The predicted molar refractivity (Wildman–Crippen MR) is 57.1 cm³/mol. The molecule has 1 aromatic heterocycles. The average Bonchev–Trinajstić information content (AvgIpc) is 2.55. The summed E-state index contributed by atoms with van der Waals surface area (Å²) in [7, 11) is 0. The van der Waals surface area contributed by atoms with Crippen molar-refractivity contribution in [3.63, 3.8) is 0 Å². The van der Waals surface area contributed by atoms with Gasteiger partial charge in [-0.2, -0.15) is 4.68 Å². The fourth-order valence-electron chi connectivity index (χ4n) is 1.12. The van der Waals surface area contributed by atoms with Crippen molar-refractivity contribution in [1.29, 1.82) is 0 Å². The number of halogens is 1. The van der Waals surface area contributed by atoms with Crippen LogP contribution >= 0.6 is 11.6 Å². The number of nitro groups is 1. The molecule has 1 rings (SSSR count). The van der Waals surface area contributed by atoms with Crippen molar-refractivity contribution in [2.75, 3.05) is 13.1 Å². The molecular formula is C8H13ClN4O2. The lowest BCUT2D eigenvalue weighted by molar-refractivity contribution is -0.389. The third-order valence-corrected chi connectivity index (χ3v) is 2.08. The molecule has 6 nitrogen and oxygen atoms in total. The zero-order valence-corrected chi connectivity index (χ0v) is 9.20. The van der Waals surface area contributed by atoms with Crippen LogP contribution in [0, 0.1) is 10.1 Å². The lowest BCUT2D eigenvalue weighted by Gasteiger charge is -1.99. The van der Waals surface area contributed by atoms with E-state index in [4.69, 9.17) is 11.6 Å². The molecule has 1 heterocycles. The summed E-state index contributed by atoms with van der Waals surface area (Å²) in [6.07, 6.45) is 2.52. The Morgan fingerprint density at radius 1 is 1.67 bits per heavy atom. The van der Waals surface area contributed by atoms with E-state index in [2.05, 4.69) is 17.3 Å². The fourth-order valence-corrected chi connectivity index (χ4v) is 1.34. The molecule has 0 bridgehead atoms. The highest BCUT2D eigenvalue weighted by atomic mass is 35.5. The number of nitrogens with zero attached hydrogens (tertiary/aromatic N) is 3. The highest BCUT2D eigenvalue weighted by molar-refractivity contribution is 6.32. The van der Waals surface area contributed by atoms with Crippen LogP contribution in [0.2, 0.25) is 5.02 Å². The molecule has 0 spiro atoms. The third-order valence-electron chi connectivity index (χ3n) is 1.82. The number of rotatable bonds is 6. The monoisotopic (exact) mass is 232 g/mol. The summed E-state index contributed by atoms with van der Waals surface area (Å²) < 4.78 is 1.48. The van der Waals surface area contributed by atoms with E-state index in [0.717, 1.165) is 19.5 Å². The van der Waals surface area contributed by atoms with Gasteiger partial charge in [-0.1, -0.05) is 18.5 Å². The van der Waals surface area contributed by atoms with E-state index in [1.807, 2.05) is 0 Å². The Bertz CT molecular complexity index is 339. The first-order valence-corrected chi connectivity index (χ1v) is 5.11. The minimum atomic E-state index is -0.585. The van der Waals surface area contributed by atoms with Gasteiger partial charge in [0.15, 0.2) is 5.02 Å². The maximum Gasteiger partial charge on any atom is 0.408 e. The van der Waals surface area contributed by atoms with Crippen LogP contribution in [0.1, 0.15) is 13.3 Å². The van der Waals surface area contributed by atoms with E-state index in [-0.39, 0.29) is 10.8 Å². The van der Waals surface area contributed by atoms with Gasteiger partial charge in [-0.25, -0.2) is 0 Å². The molecule has 15 heavy (non-hydrogen) atoms. The second-order valence-corrected chi connectivity index (χ2v) is 3.48. The second-order valence-electron chi connectivity index (χ2n) is 3.07. The van der Waals surface area contributed by atoms with Gasteiger partial charge in [0.2, 0.25) is 0 Å². The van der Waals surface area contributed by atoms with Gasteiger partial charge in [-0.15, -0.1) is 0 Å². The van der Waals surface area contributed by atoms with Gasteiger partial charge >= 0.3 is 5.82 Å². The summed E-state index contributed by atoms with van der Waals surface area (Å²) >= 11 is 5.63. The van der Waals surface area contributed by atoms with Gasteiger partial charge in [-0.05, 0) is 17.9 Å². The minimum Gasteiger partial charge on any atom is -0.358 e. The van der Waals surface area contributed by atoms with Gasteiger partial charge in [-0.3, -0.25) is 0 Å². The molecule has 0 aliphatic rings. The predicted octanol–water partition coefficient (Wildman–Crippen LogP) is 1.44. The first-order chi connectivity index (χ1) is 7.15. The summed E-state index contributed by atoms with van der Waals surface area (Å²) in [4.78, 5) is 9.86. The van der Waals surface area contributed by atoms with Crippen molar-refractivity contribution < 1.29 is 4.92 Å². The Balaban J connectivity index is 2.48. The quantitative estimate of drug-likeness (QED) is 0.458. The first kappa shape index (κ1) is 11.9. The smallest absolute Gasteiger partial charge is 0.358 e. The van der Waals surface area contributed by atoms with E-state index in [1.165, 1.54) is 10.9 Å². The van der Waals surface area contributed by atoms with E-state index in [0.29, 0.717) is 6.54 Å². The number of aromatic nitrogens is 2. The molecule has 0 aliphatic carbocycles. The van der Waals surface area contributed by atoms with Crippen molar-refractivity contribution in [3.05, 3.63) is 21.3 Å². The molecular weight excluding hydrogens is 220 g/mol. The van der Waals surface area contributed by atoms with Crippen LogP contribution in [0.4, 0.5) is 5.82 Å². The number of hydrogen-bond donors (Lipinski definition) is 1. The minimum absolute atomic E-state index is 0.0792. The normalized spacial score (nSPS) is 10.5. The SMILES string of the molecule is CCCNCCn1cc(Cl)c([N+](=O)[O-])n1. The van der Waals surface area contributed by atoms with Crippen LogP contribution in [0.15, 0.2) is 6.20 Å². The molecule has 0 saturated heterocycles. The van der Waals surface area contributed by atoms with Crippen molar-refractivity contribution in [3.8, 4) is 0 Å². The molecule has 0 aromatic carbocycles. The number of hydrogen-bond acceptors (Lipinski definition) is 4. The molecule has 1 N–H and O–H groups in total. The van der Waals surface area contributed by atoms with E-state index < -0.39 is 4.92 Å². The topological polar surface area (TPSA) is 73.0 Å². The van der Waals surface area contributed by atoms with Crippen LogP contribution in [-0.2, 0) is 6.54 Å². The molecule has 7 heteroatoms. The average molecular weight is 233 g/mol. The summed E-state index contributed by atoms with van der Waals surface area (Å²) in [6.45, 7) is 4.30. The van der Waals surface area contributed by atoms with Gasteiger partial charge < -0.3 is 15.4 Å². The van der Waals surface area contributed by atoms with Crippen LogP contribution < -0.4 is 5.32 Å². The van der Waals surface area contributed by atoms with Gasteiger partial charge in [0, 0.05) is 6.54 Å². The second kappa shape index (κ2) is 5.67. The van der Waals surface area contributed by atoms with Crippen LogP contribution in [0.25, 0.3) is 0 Å². The molecule has 0 aliphatic heterocycles. The molecule has 0 radical (unpaired) electrons. The molecule has 0 amide bonds. The molecule has 0 unspecified atom stereocenters. The van der Waals surface area contributed by atoms with Crippen LogP contribution in [-0.4, -0.2) is 27.8 Å². The van der Waals surface area contributed by atoms with Gasteiger partial charge in [0.25, 0.3) is 0 Å². The fraction of sp³-hybridized carbons (Fsp3) is 0.625. The zero-order valence-electron chi connectivity index (χ0n) is 8.44. The molecule has 1 aromatic rings. The maximum absolute atomic E-state index is 10.4. The summed E-state index contributed by atoms with van der Waals surface area (Å²) in [6, 6.07) is 0. The summed E-state index contributed by atoms with van der Waals surface area (Å²) in [5.41, 5.74) is 0. The summed E-state index contributed by atoms with van der Waals surface area (Å²) in [5.74, 6) is -0.285. The lowest BCUT2D eigenvalue weighted by Crippen LogP contribution is -2.20. The third kappa shape index (κ3) is 3.49. The molecule has 0 fully saturated rings. The van der Waals surface area contributed by atoms with Crippen LogP contribution in [0.3, 0.4) is 0 Å². The largest absolute Gasteiger partial charge is 0.408 e. The van der Waals surface area contributed by atoms with Crippen molar-refractivity contribution in [1.82, 2.24) is 15.1 Å². The lowest BCUT2D eigenvalue weighted by atomic mass is 10.5. The standard InChI is InChI=1S/C8H13ClN4O2/c1-2-3-10-4-5-12-6-7(9)8(11-12)13(14)15/h6,10H,2-5H2,1H3. The molecule has 84 valence electrons. The van der Waals surface area contributed by atoms with Crippen LogP contribution in [0.5, 0.6) is 0 Å². The highest BCUT2D eigenvalue weighted by Crippen LogP contribution is 2.20. The summed E-state index contributed by atoms with van der Waals surface area (Å²) in [5, 5.41) is 17.4. The Labute approximate surface area is 92.4 Å². The van der Waals surface area contributed by atoms with Crippen molar-refractivity contribution in [2.45, 2.75) is 19.9 Å². The van der Waals surface area contributed by atoms with E-state index in [1.54, 1.807) is 0 Å². The Morgan fingerprint density at radius 3 is 2.93 bits per heavy atom. The Morgan fingerprint density at radius 2 is 2.40 bits per heavy atom. The molecule has 0 saturated carbocycles. The maximum atomic E-state index is 10.4. The van der Waals surface area contributed by atoms with Gasteiger partial charge in [0.1, 0.15) is 0 Å².